The van der Waals surface area contributed by atoms with Gasteiger partial charge in [0.2, 0.25) is 0 Å². The number of rotatable bonds is 6. The van der Waals surface area contributed by atoms with Crippen LogP contribution in [0.4, 0.5) is 0 Å². The van der Waals surface area contributed by atoms with Crippen LogP contribution in [0.15, 0.2) is 0 Å². The van der Waals surface area contributed by atoms with Gasteiger partial charge in [0.05, 0.1) is 0 Å². The molecule has 3 unspecified atom stereocenters. The van der Waals surface area contributed by atoms with Crippen molar-refractivity contribution in [3.8, 4) is 0 Å². The summed E-state index contributed by atoms with van der Waals surface area (Å²) in [6.07, 6.45) is 6.84. The average molecular weight is 267 g/mol. The highest BCUT2D eigenvalue weighted by Crippen LogP contribution is 2.34. The highest BCUT2D eigenvalue weighted by atomic mass is 15.2. The van der Waals surface area contributed by atoms with E-state index in [-0.39, 0.29) is 0 Å². The fourth-order valence-electron chi connectivity index (χ4n) is 3.90. The molecule has 19 heavy (non-hydrogen) atoms. The van der Waals surface area contributed by atoms with E-state index in [1.54, 1.807) is 0 Å². The van der Waals surface area contributed by atoms with Crippen molar-refractivity contribution in [3.63, 3.8) is 0 Å². The van der Waals surface area contributed by atoms with Gasteiger partial charge in [0.25, 0.3) is 0 Å². The van der Waals surface area contributed by atoms with Gasteiger partial charge in [-0.2, -0.15) is 0 Å². The molecule has 2 heterocycles. The molecule has 0 spiro atoms. The zero-order valence-corrected chi connectivity index (χ0v) is 13.5. The molecule has 2 aliphatic rings. The van der Waals surface area contributed by atoms with Crippen LogP contribution in [0.1, 0.15) is 46.0 Å². The maximum absolute atomic E-state index is 3.86. The Balaban J connectivity index is 1.78. The van der Waals surface area contributed by atoms with Crippen molar-refractivity contribution in [2.24, 2.45) is 5.92 Å². The summed E-state index contributed by atoms with van der Waals surface area (Å²) >= 11 is 0. The van der Waals surface area contributed by atoms with E-state index in [2.05, 4.69) is 50.1 Å². The van der Waals surface area contributed by atoms with Gasteiger partial charge in [-0.05, 0) is 59.2 Å². The zero-order chi connectivity index (χ0) is 14.0. The van der Waals surface area contributed by atoms with E-state index in [9.17, 15) is 0 Å². The maximum Gasteiger partial charge on any atom is 0.0217 e. The molecule has 0 saturated carbocycles. The van der Waals surface area contributed by atoms with E-state index >= 15 is 0 Å². The van der Waals surface area contributed by atoms with Crippen molar-refractivity contribution in [3.05, 3.63) is 0 Å². The molecule has 112 valence electrons. The van der Waals surface area contributed by atoms with Gasteiger partial charge in [-0.25, -0.2) is 0 Å². The molecule has 0 aromatic carbocycles. The molecule has 0 aliphatic carbocycles. The van der Waals surface area contributed by atoms with Crippen LogP contribution < -0.4 is 5.32 Å². The van der Waals surface area contributed by atoms with Crippen LogP contribution in [0.5, 0.6) is 0 Å². The molecule has 0 amide bonds. The van der Waals surface area contributed by atoms with Gasteiger partial charge < -0.3 is 15.1 Å². The molecule has 2 fully saturated rings. The maximum atomic E-state index is 3.86. The fourth-order valence-corrected chi connectivity index (χ4v) is 3.90. The van der Waals surface area contributed by atoms with Crippen molar-refractivity contribution in [1.82, 2.24) is 15.1 Å². The minimum absolute atomic E-state index is 0.678. The molecule has 3 nitrogen and oxygen atoms in total. The summed E-state index contributed by atoms with van der Waals surface area (Å²) in [7, 11) is 6.75. The molecule has 3 heteroatoms. The molecule has 3 atom stereocenters. The number of hydrogen-bond acceptors (Lipinski definition) is 3. The Morgan fingerprint density at radius 1 is 1.16 bits per heavy atom. The van der Waals surface area contributed by atoms with Crippen molar-refractivity contribution in [2.75, 3.05) is 27.7 Å². The topological polar surface area (TPSA) is 18.5 Å². The fraction of sp³-hybridized carbons (Fsp3) is 1.00. The summed E-state index contributed by atoms with van der Waals surface area (Å²) < 4.78 is 0. The van der Waals surface area contributed by atoms with E-state index in [4.69, 9.17) is 0 Å². The Bertz CT molecular complexity index is 263. The molecule has 2 rings (SSSR count). The lowest BCUT2D eigenvalue weighted by atomic mass is 9.97. The standard InChI is InChI=1S/C16H33N3/c1-12(2)8-16(18(3)4)11-17-13-9-14-6-7-15(10-13)19(14)5/h12-17H,6-11H2,1-5H3. The molecule has 2 aliphatic heterocycles. The Kier molecular flexibility index (Phi) is 5.27. The summed E-state index contributed by atoms with van der Waals surface area (Å²) in [5, 5.41) is 3.86. The first-order valence-corrected chi connectivity index (χ1v) is 8.09. The van der Waals surface area contributed by atoms with Gasteiger partial charge in [0.15, 0.2) is 0 Å². The Morgan fingerprint density at radius 3 is 2.21 bits per heavy atom. The van der Waals surface area contributed by atoms with Crippen LogP contribution in [0.2, 0.25) is 0 Å². The van der Waals surface area contributed by atoms with Crippen LogP contribution in [-0.4, -0.2) is 61.7 Å². The first-order chi connectivity index (χ1) is 8.97. The molecule has 1 N–H and O–H groups in total. The van der Waals surface area contributed by atoms with E-state index < -0.39 is 0 Å². The lowest BCUT2D eigenvalue weighted by Gasteiger charge is -2.38. The van der Waals surface area contributed by atoms with Gasteiger partial charge in [-0.1, -0.05) is 13.8 Å². The van der Waals surface area contributed by atoms with Crippen LogP contribution in [0.3, 0.4) is 0 Å². The summed E-state index contributed by atoms with van der Waals surface area (Å²) in [5.41, 5.74) is 0. The smallest absolute Gasteiger partial charge is 0.0217 e. The van der Waals surface area contributed by atoms with Crippen LogP contribution in [-0.2, 0) is 0 Å². The van der Waals surface area contributed by atoms with Crippen molar-refractivity contribution < 1.29 is 0 Å². The second-order valence-corrected chi connectivity index (χ2v) is 7.37. The summed E-state index contributed by atoms with van der Waals surface area (Å²) in [4.78, 5) is 5.01. The van der Waals surface area contributed by atoms with Crippen molar-refractivity contribution in [1.29, 1.82) is 0 Å². The molecular weight excluding hydrogens is 234 g/mol. The zero-order valence-electron chi connectivity index (χ0n) is 13.5. The van der Waals surface area contributed by atoms with Gasteiger partial charge in [-0.15, -0.1) is 0 Å². The van der Waals surface area contributed by atoms with E-state index in [0.717, 1.165) is 30.6 Å². The Morgan fingerprint density at radius 2 is 1.74 bits per heavy atom. The lowest BCUT2D eigenvalue weighted by Crippen LogP contribution is -2.50. The molecular formula is C16H33N3. The molecule has 0 radical (unpaired) electrons. The summed E-state index contributed by atoms with van der Waals surface area (Å²) in [6.45, 7) is 5.80. The predicted molar refractivity (Wildman–Crippen MR) is 82.5 cm³/mol. The minimum Gasteiger partial charge on any atom is -0.312 e. The first kappa shape index (κ1) is 15.3. The number of fused-ring (bicyclic) bond motifs is 2. The molecule has 2 bridgehead atoms. The second kappa shape index (κ2) is 6.55. The normalized spacial score (nSPS) is 33.3. The second-order valence-electron chi connectivity index (χ2n) is 7.37. The molecule has 0 aromatic heterocycles. The first-order valence-electron chi connectivity index (χ1n) is 8.09. The van der Waals surface area contributed by atoms with Gasteiger partial charge in [0.1, 0.15) is 0 Å². The van der Waals surface area contributed by atoms with Gasteiger partial charge in [-0.3, -0.25) is 0 Å². The van der Waals surface area contributed by atoms with E-state index in [1.807, 2.05) is 0 Å². The van der Waals surface area contributed by atoms with Crippen LogP contribution >= 0.6 is 0 Å². The third kappa shape index (κ3) is 3.93. The Labute approximate surface area is 119 Å². The van der Waals surface area contributed by atoms with Crippen molar-refractivity contribution in [2.45, 2.75) is 70.1 Å². The number of nitrogens with one attached hydrogen (secondary N) is 1. The van der Waals surface area contributed by atoms with E-state index in [1.165, 1.54) is 32.1 Å². The number of likely N-dealkylation sites (N-methyl/N-ethyl adjacent to an activating group) is 1. The number of piperidine rings is 1. The number of hydrogen-bond donors (Lipinski definition) is 1. The van der Waals surface area contributed by atoms with Gasteiger partial charge >= 0.3 is 0 Å². The largest absolute Gasteiger partial charge is 0.312 e. The van der Waals surface area contributed by atoms with Crippen LogP contribution in [0, 0.1) is 5.92 Å². The Hall–Kier alpha value is -0.120. The SMILES string of the molecule is CC(C)CC(CNC1CC2CCC(C1)N2C)N(C)C. The predicted octanol–water partition coefficient (Wildman–Crippen LogP) is 2.18. The third-order valence-electron chi connectivity index (χ3n) is 5.21. The minimum atomic E-state index is 0.678. The highest BCUT2D eigenvalue weighted by molar-refractivity contribution is 4.96. The average Bonchev–Trinajstić information content (AvgIpc) is 2.57. The number of nitrogens with zero attached hydrogens (tertiary/aromatic N) is 2. The monoisotopic (exact) mass is 267 g/mol. The van der Waals surface area contributed by atoms with E-state index in [0.29, 0.717) is 6.04 Å². The molecule has 0 aromatic rings. The van der Waals surface area contributed by atoms with Gasteiger partial charge in [0, 0.05) is 30.7 Å². The highest BCUT2D eigenvalue weighted by Gasteiger charge is 2.38. The van der Waals surface area contributed by atoms with Crippen LogP contribution in [0.25, 0.3) is 0 Å². The quantitative estimate of drug-likeness (QED) is 0.796. The van der Waals surface area contributed by atoms with Crippen molar-refractivity contribution >= 4 is 0 Å². The third-order valence-corrected chi connectivity index (χ3v) is 5.21. The lowest BCUT2D eigenvalue weighted by molar-refractivity contribution is 0.141. The molecule has 2 saturated heterocycles. The summed E-state index contributed by atoms with van der Waals surface area (Å²) in [6, 6.07) is 3.12. The summed E-state index contributed by atoms with van der Waals surface area (Å²) in [5.74, 6) is 0.780.